The van der Waals surface area contributed by atoms with Gasteiger partial charge in [0.1, 0.15) is 0 Å². The smallest absolute Gasteiger partial charge is 0.187 e. The van der Waals surface area contributed by atoms with Gasteiger partial charge >= 0.3 is 0 Å². The van der Waals surface area contributed by atoms with Crippen LogP contribution in [-0.4, -0.2) is 0 Å². The molecule has 0 amide bonds. The molecule has 0 bridgehead atoms. The minimum atomic E-state index is -0.247. The second-order valence-electron chi connectivity index (χ2n) is 5.99. The molecule has 2 nitrogen and oxygen atoms in total. The van der Waals surface area contributed by atoms with E-state index in [0.29, 0.717) is 11.3 Å². The van der Waals surface area contributed by atoms with Crippen molar-refractivity contribution in [3.05, 3.63) is 75.6 Å². The molecule has 2 aromatic rings. The lowest BCUT2D eigenvalue weighted by Gasteiger charge is -2.27. The molecule has 0 fully saturated rings. The molecule has 0 spiro atoms. The first-order chi connectivity index (χ1) is 9.86. The highest BCUT2D eigenvalue weighted by molar-refractivity contribution is 5.54. The number of hydrogen-bond donors (Lipinski definition) is 0. The van der Waals surface area contributed by atoms with Crippen molar-refractivity contribution in [1.29, 1.82) is 5.26 Å². The molecule has 2 rings (SSSR count). The predicted molar refractivity (Wildman–Crippen MR) is 85.5 cm³/mol. The Kier molecular flexibility index (Phi) is 3.83. The predicted octanol–water partition coefficient (Wildman–Crippen LogP) is 5.05. The van der Waals surface area contributed by atoms with E-state index in [0.717, 1.165) is 22.3 Å². The van der Waals surface area contributed by atoms with Gasteiger partial charge in [-0.25, -0.2) is 4.85 Å². The summed E-state index contributed by atoms with van der Waals surface area (Å²) < 4.78 is 0. The normalized spacial score (nSPS) is 10.8. The van der Waals surface area contributed by atoms with E-state index in [1.54, 1.807) is 0 Å². The maximum Gasteiger partial charge on any atom is 0.187 e. The first-order valence-electron chi connectivity index (χ1n) is 6.88. The monoisotopic (exact) mass is 274 g/mol. The lowest BCUT2D eigenvalue weighted by molar-refractivity contribution is 0.639. The first kappa shape index (κ1) is 14.8. The van der Waals surface area contributed by atoms with Gasteiger partial charge in [0.05, 0.1) is 18.2 Å². The van der Waals surface area contributed by atoms with E-state index >= 15 is 0 Å². The zero-order valence-corrected chi connectivity index (χ0v) is 12.9. The Labute approximate surface area is 126 Å². The third kappa shape index (κ3) is 2.96. The summed E-state index contributed by atoms with van der Waals surface area (Å²) in [4.78, 5) is 3.55. The van der Waals surface area contributed by atoms with Crippen molar-refractivity contribution in [1.82, 2.24) is 0 Å². The molecule has 0 saturated carbocycles. The second-order valence-corrected chi connectivity index (χ2v) is 5.99. The number of nitrogens with zero attached hydrogens (tertiary/aromatic N) is 2. The average molecular weight is 274 g/mol. The van der Waals surface area contributed by atoms with Crippen LogP contribution in [0.1, 0.15) is 41.7 Å². The fraction of sp³-hybridized carbons (Fsp3) is 0.263. The van der Waals surface area contributed by atoms with Gasteiger partial charge in [0.15, 0.2) is 5.69 Å². The van der Waals surface area contributed by atoms with E-state index in [2.05, 4.69) is 36.9 Å². The van der Waals surface area contributed by atoms with Gasteiger partial charge in [0.2, 0.25) is 0 Å². The molecule has 0 heterocycles. The highest BCUT2D eigenvalue weighted by Gasteiger charge is 2.24. The SMILES string of the molecule is [C-]#[N+]c1cc(C)cc(C(C)(C)c2cc(C)cc(C#N)c2)c1. The number of nitriles is 1. The quantitative estimate of drug-likeness (QED) is 0.704. The van der Waals surface area contributed by atoms with Gasteiger partial charge < -0.3 is 0 Å². The van der Waals surface area contributed by atoms with Crippen molar-refractivity contribution >= 4 is 5.69 Å². The van der Waals surface area contributed by atoms with Crippen LogP contribution < -0.4 is 0 Å². The molecule has 0 aromatic heterocycles. The number of hydrogen-bond acceptors (Lipinski definition) is 1. The van der Waals surface area contributed by atoms with Gasteiger partial charge in [-0.1, -0.05) is 43.7 Å². The van der Waals surface area contributed by atoms with Gasteiger partial charge in [-0.15, -0.1) is 0 Å². The Morgan fingerprint density at radius 3 is 2.10 bits per heavy atom. The number of aryl methyl sites for hydroxylation is 2. The van der Waals surface area contributed by atoms with Gasteiger partial charge in [0, 0.05) is 5.41 Å². The van der Waals surface area contributed by atoms with Crippen molar-refractivity contribution < 1.29 is 0 Å². The Hall–Kier alpha value is -2.58. The number of benzene rings is 2. The third-order valence-corrected chi connectivity index (χ3v) is 3.84. The average Bonchev–Trinajstić information content (AvgIpc) is 2.45. The van der Waals surface area contributed by atoms with Gasteiger partial charge in [-0.2, -0.15) is 5.26 Å². The fourth-order valence-electron chi connectivity index (χ4n) is 2.56. The topological polar surface area (TPSA) is 28.1 Å². The largest absolute Gasteiger partial charge is 0.238 e. The minimum Gasteiger partial charge on any atom is -0.238 e. The summed E-state index contributed by atoms with van der Waals surface area (Å²) in [6, 6.07) is 14.1. The molecule has 0 atom stereocenters. The highest BCUT2D eigenvalue weighted by Crippen LogP contribution is 2.35. The van der Waals surface area contributed by atoms with E-state index < -0.39 is 0 Å². The summed E-state index contributed by atoms with van der Waals surface area (Å²) in [5.74, 6) is 0. The van der Waals surface area contributed by atoms with Crippen molar-refractivity contribution in [2.24, 2.45) is 0 Å². The lowest BCUT2D eigenvalue weighted by atomic mass is 9.76. The molecule has 0 aliphatic rings. The zero-order valence-electron chi connectivity index (χ0n) is 12.9. The van der Waals surface area contributed by atoms with Crippen LogP contribution in [0.15, 0.2) is 36.4 Å². The molecule has 0 aliphatic heterocycles. The summed E-state index contributed by atoms with van der Waals surface area (Å²) >= 11 is 0. The number of rotatable bonds is 2. The van der Waals surface area contributed by atoms with E-state index in [4.69, 9.17) is 11.8 Å². The molecule has 21 heavy (non-hydrogen) atoms. The standard InChI is InChI=1S/C19H18N2/c1-13-6-15(12-20)10-16(7-13)19(3,4)17-8-14(2)9-18(11-17)21-5/h6-11H,1-4H3. The molecule has 2 heteroatoms. The molecule has 0 N–H and O–H groups in total. The van der Waals surface area contributed by atoms with E-state index in [9.17, 15) is 0 Å². The van der Waals surface area contributed by atoms with Gasteiger partial charge in [-0.05, 0) is 42.7 Å². The van der Waals surface area contributed by atoms with Crippen molar-refractivity contribution in [3.63, 3.8) is 0 Å². The lowest BCUT2D eigenvalue weighted by Crippen LogP contribution is -2.19. The van der Waals surface area contributed by atoms with Gasteiger partial charge in [0.25, 0.3) is 0 Å². The van der Waals surface area contributed by atoms with Crippen LogP contribution >= 0.6 is 0 Å². The highest BCUT2D eigenvalue weighted by atomic mass is 14.6. The maximum absolute atomic E-state index is 9.16. The summed E-state index contributed by atoms with van der Waals surface area (Å²) in [5, 5.41) is 9.16. The van der Waals surface area contributed by atoms with E-state index in [1.807, 2.05) is 38.1 Å². The fourth-order valence-corrected chi connectivity index (χ4v) is 2.56. The third-order valence-electron chi connectivity index (χ3n) is 3.84. The summed E-state index contributed by atoms with van der Waals surface area (Å²) in [6.07, 6.45) is 0. The minimum absolute atomic E-state index is 0.247. The molecule has 0 aliphatic carbocycles. The van der Waals surface area contributed by atoms with Crippen molar-refractivity contribution in [2.45, 2.75) is 33.1 Å². The van der Waals surface area contributed by atoms with Gasteiger partial charge in [-0.3, -0.25) is 0 Å². The Morgan fingerprint density at radius 1 is 0.952 bits per heavy atom. The van der Waals surface area contributed by atoms with Crippen LogP contribution in [-0.2, 0) is 5.41 Å². The molecule has 104 valence electrons. The van der Waals surface area contributed by atoms with Crippen LogP contribution in [0.25, 0.3) is 4.85 Å². The molecular weight excluding hydrogens is 256 g/mol. The Balaban J connectivity index is 2.62. The Bertz CT molecular complexity index is 706. The van der Waals surface area contributed by atoms with Crippen LogP contribution in [0.4, 0.5) is 5.69 Å². The molecule has 2 aromatic carbocycles. The zero-order chi connectivity index (χ0) is 15.6. The molecule has 0 radical (unpaired) electrons. The first-order valence-corrected chi connectivity index (χ1v) is 6.88. The summed E-state index contributed by atoms with van der Waals surface area (Å²) in [5.41, 5.74) is 5.45. The molecular formula is C19H18N2. The van der Waals surface area contributed by atoms with Crippen LogP contribution in [0, 0.1) is 31.8 Å². The molecule has 0 saturated heterocycles. The van der Waals surface area contributed by atoms with Crippen LogP contribution in [0.2, 0.25) is 0 Å². The van der Waals surface area contributed by atoms with E-state index in [1.165, 1.54) is 0 Å². The van der Waals surface area contributed by atoms with Crippen LogP contribution in [0.3, 0.4) is 0 Å². The molecule has 0 unspecified atom stereocenters. The maximum atomic E-state index is 9.16. The van der Waals surface area contributed by atoms with Crippen LogP contribution in [0.5, 0.6) is 0 Å². The second kappa shape index (κ2) is 5.43. The van der Waals surface area contributed by atoms with Crippen molar-refractivity contribution in [3.8, 4) is 6.07 Å². The van der Waals surface area contributed by atoms with E-state index in [-0.39, 0.29) is 5.41 Å². The Morgan fingerprint density at radius 2 is 1.52 bits per heavy atom. The van der Waals surface area contributed by atoms with Crippen molar-refractivity contribution in [2.75, 3.05) is 0 Å². The summed E-state index contributed by atoms with van der Waals surface area (Å²) in [7, 11) is 0. The summed E-state index contributed by atoms with van der Waals surface area (Å²) in [6.45, 7) is 15.5.